The van der Waals surface area contributed by atoms with Crippen LogP contribution in [0.15, 0.2) is 6.07 Å². The van der Waals surface area contributed by atoms with Crippen LogP contribution in [0.25, 0.3) is 0 Å². The summed E-state index contributed by atoms with van der Waals surface area (Å²) in [4.78, 5) is 0. The summed E-state index contributed by atoms with van der Waals surface area (Å²) in [5.41, 5.74) is -0.678. The fraction of sp³-hybridized carbons (Fsp3) is 0.571. The van der Waals surface area contributed by atoms with Gasteiger partial charge in [-0.1, -0.05) is 26.2 Å². The molecule has 0 amide bonds. The van der Waals surface area contributed by atoms with E-state index in [1.54, 1.807) is 0 Å². The summed E-state index contributed by atoms with van der Waals surface area (Å²) in [5, 5.41) is 2.67. The Kier molecular flexibility index (Phi) is 4.32. The molecule has 0 aromatic heterocycles. The Hall–Kier alpha value is -1.26. The molecule has 2 rings (SSSR count). The summed E-state index contributed by atoms with van der Waals surface area (Å²) >= 11 is 0. The Bertz CT molecular complexity index is 435. The van der Waals surface area contributed by atoms with Gasteiger partial charge in [0.25, 0.3) is 0 Å². The quantitative estimate of drug-likeness (QED) is 0.626. The van der Waals surface area contributed by atoms with Crippen molar-refractivity contribution in [2.75, 3.05) is 5.32 Å². The minimum Gasteiger partial charge on any atom is -0.377 e. The highest BCUT2D eigenvalue weighted by Crippen LogP contribution is 2.32. The zero-order chi connectivity index (χ0) is 14.0. The Labute approximate surface area is 110 Å². The van der Waals surface area contributed by atoms with E-state index in [-0.39, 0.29) is 18.0 Å². The molecule has 1 nitrogen and oxygen atoms in total. The van der Waals surface area contributed by atoms with Crippen molar-refractivity contribution in [1.82, 2.24) is 0 Å². The smallest absolute Gasteiger partial charge is 0.185 e. The molecule has 1 fully saturated rings. The van der Waals surface area contributed by atoms with E-state index in [0.29, 0.717) is 0 Å². The molecular formula is C14H17F4N. The Balaban J connectivity index is 2.27. The minimum absolute atomic E-state index is 0.135. The first-order valence-corrected chi connectivity index (χ1v) is 6.64. The molecule has 1 aromatic rings. The van der Waals surface area contributed by atoms with Crippen molar-refractivity contribution in [3.63, 3.8) is 0 Å². The molecule has 1 saturated carbocycles. The summed E-state index contributed by atoms with van der Waals surface area (Å²) in [5.74, 6) is -5.16. The van der Waals surface area contributed by atoms with Crippen LogP contribution in [-0.2, 0) is 0 Å². The molecule has 1 aliphatic rings. The standard InChI is InChI=1S/C14H17F4N/c1-2-8-5-3-4-6-11(8)19-14-12(17)9(15)7-10(16)13(14)18/h7-8,11,19H,2-6H2,1H3. The summed E-state index contributed by atoms with van der Waals surface area (Å²) < 4.78 is 53.4. The van der Waals surface area contributed by atoms with Crippen LogP contribution in [0.2, 0.25) is 0 Å². The molecule has 0 spiro atoms. The number of hydrogen-bond donors (Lipinski definition) is 1. The SMILES string of the molecule is CCC1CCCCC1Nc1c(F)c(F)cc(F)c1F. The number of benzene rings is 1. The first-order valence-electron chi connectivity index (χ1n) is 6.64. The lowest BCUT2D eigenvalue weighted by Gasteiger charge is -2.32. The lowest BCUT2D eigenvalue weighted by atomic mass is 9.83. The summed E-state index contributed by atoms with van der Waals surface area (Å²) in [6.07, 6.45) is 4.64. The van der Waals surface area contributed by atoms with Gasteiger partial charge in [0.05, 0.1) is 0 Å². The molecule has 1 aliphatic carbocycles. The highest BCUT2D eigenvalue weighted by molar-refractivity contribution is 5.48. The molecule has 1 N–H and O–H groups in total. The highest BCUT2D eigenvalue weighted by Gasteiger charge is 2.27. The predicted molar refractivity (Wildman–Crippen MR) is 65.9 cm³/mol. The Morgan fingerprint density at radius 1 is 1.05 bits per heavy atom. The van der Waals surface area contributed by atoms with Crippen LogP contribution in [0.4, 0.5) is 23.2 Å². The number of anilines is 1. The van der Waals surface area contributed by atoms with Gasteiger partial charge in [-0.2, -0.15) is 0 Å². The first-order chi connectivity index (χ1) is 9.04. The van der Waals surface area contributed by atoms with E-state index in [0.717, 1.165) is 32.1 Å². The third-order valence-corrected chi connectivity index (χ3v) is 3.87. The maximum Gasteiger partial charge on any atom is 0.185 e. The van der Waals surface area contributed by atoms with Crippen molar-refractivity contribution < 1.29 is 17.6 Å². The van der Waals surface area contributed by atoms with E-state index in [2.05, 4.69) is 5.32 Å². The van der Waals surface area contributed by atoms with Gasteiger partial charge in [-0.3, -0.25) is 0 Å². The minimum atomic E-state index is -1.37. The maximum atomic E-state index is 13.6. The Morgan fingerprint density at radius 3 is 2.21 bits per heavy atom. The van der Waals surface area contributed by atoms with Gasteiger partial charge in [0.2, 0.25) is 0 Å². The molecule has 19 heavy (non-hydrogen) atoms. The van der Waals surface area contributed by atoms with Gasteiger partial charge in [-0.25, -0.2) is 17.6 Å². The Morgan fingerprint density at radius 2 is 1.63 bits per heavy atom. The van der Waals surface area contributed by atoms with Gasteiger partial charge in [0, 0.05) is 12.1 Å². The average molecular weight is 275 g/mol. The van der Waals surface area contributed by atoms with E-state index in [9.17, 15) is 17.6 Å². The molecule has 5 heteroatoms. The second-order valence-electron chi connectivity index (χ2n) is 5.05. The fourth-order valence-electron chi connectivity index (χ4n) is 2.77. The molecular weight excluding hydrogens is 258 g/mol. The van der Waals surface area contributed by atoms with Gasteiger partial charge in [0.15, 0.2) is 23.3 Å². The topological polar surface area (TPSA) is 12.0 Å². The zero-order valence-electron chi connectivity index (χ0n) is 10.8. The summed E-state index contributed by atoms with van der Waals surface area (Å²) in [6, 6.07) is 0.0949. The van der Waals surface area contributed by atoms with Gasteiger partial charge in [0.1, 0.15) is 5.69 Å². The van der Waals surface area contributed by atoms with E-state index in [4.69, 9.17) is 0 Å². The molecule has 106 valence electrons. The number of halogens is 4. The molecule has 0 heterocycles. The van der Waals surface area contributed by atoms with Crippen molar-refractivity contribution in [2.24, 2.45) is 5.92 Å². The monoisotopic (exact) mass is 275 g/mol. The molecule has 0 saturated heterocycles. The van der Waals surface area contributed by atoms with Gasteiger partial charge in [-0.05, 0) is 18.8 Å². The summed E-state index contributed by atoms with van der Waals surface area (Å²) in [6.45, 7) is 2.00. The van der Waals surface area contributed by atoms with E-state index in [1.165, 1.54) is 0 Å². The molecule has 1 aromatic carbocycles. The number of hydrogen-bond acceptors (Lipinski definition) is 1. The zero-order valence-corrected chi connectivity index (χ0v) is 10.8. The van der Waals surface area contributed by atoms with Crippen LogP contribution < -0.4 is 5.32 Å². The second-order valence-corrected chi connectivity index (χ2v) is 5.05. The van der Waals surface area contributed by atoms with Crippen LogP contribution in [-0.4, -0.2) is 6.04 Å². The third kappa shape index (κ3) is 2.85. The maximum absolute atomic E-state index is 13.6. The molecule has 0 bridgehead atoms. The van der Waals surface area contributed by atoms with Crippen molar-refractivity contribution in [3.8, 4) is 0 Å². The first kappa shape index (κ1) is 14.2. The summed E-state index contributed by atoms with van der Waals surface area (Å²) in [7, 11) is 0. The second kappa shape index (κ2) is 5.80. The van der Waals surface area contributed by atoms with Gasteiger partial charge >= 0.3 is 0 Å². The van der Waals surface area contributed by atoms with Crippen LogP contribution in [0.5, 0.6) is 0 Å². The molecule has 2 atom stereocenters. The molecule has 0 radical (unpaired) electrons. The lowest BCUT2D eigenvalue weighted by molar-refractivity contribution is 0.315. The van der Waals surface area contributed by atoms with Crippen molar-refractivity contribution in [3.05, 3.63) is 29.3 Å². The van der Waals surface area contributed by atoms with Crippen molar-refractivity contribution in [1.29, 1.82) is 0 Å². The van der Waals surface area contributed by atoms with Crippen LogP contribution in [0.3, 0.4) is 0 Å². The van der Waals surface area contributed by atoms with Crippen LogP contribution in [0.1, 0.15) is 39.0 Å². The van der Waals surface area contributed by atoms with Gasteiger partial charge < -0.3 is 5.32 Å². The van der Waals surface area contributed by atoms with E-state index in [1.807, 2.05) is 6.92 Å². The van der Waals surface area contributed by atoms with E-state index < -0.39 is 29.0 Å². The highest BCUT2D eigenvalue weighted by atomic mass is 19.2. The van der Waals surface area contributed by atoms with E-state index >= 15 is 0 Å². The van der Waals surface area contributed by atoms with Gasteiger partial charge in [-0.15, -0.1) is 0 Å². The van der Waals surface area contributed by atoms with Crippen LogP contribution in [0, 0.1) is 29.2 Å². The third-order valence-electron chi connectivity index (χ3n) is 3.87. The average Bonchev–Trinajstić information content (AvgIpc) is 2.42. The molecule has 2 unspecified atom stereocenters. The van der Waals surface area contributed by atoms with Crippen molar-refractivity contribution in [2.45, 2.75) is 45.1 Å². The predicted octanol–water partition coefficient (Wildman–Crippen LogP) is 4.62. The largest absolute Gasteiger partial charge is 0.377 e. The fourth-order valence-corrected chi connectivity index (χ4v) is 2.77. The van der Waals surface area contributed by atoms with Crippen LogP contribution >= 0.6 is 0 Å². The number of rotatable bonds is 3. The normalized spacial score (nSPS) is 23.4. The molecule has 0 aliphatic heterocycles. The van der Waals surface area contributed by atoms with Crippen molar-refractivity contribution >= 4 is 5.69 Å². The number of nitrogens with one attached hydrogen (secondary N) is 1. The lowest BCUT2D eigenvalue weighted by Crippen LogP contribution is -2.32.